The Bertz CT molecular complexity index is 560. The fraction of sp³-hybridized carbons (Fsp3) is 0.600. The Morgan fingerprint density at radius 1 is 1.38 bits per heavy atom. The maximum absolute atomic E-state index is 12.2. The molecule has 1 saturated heterocycles. The van der Waals surface area contributed by atoms with Gasteiger partial charge in [-0.05, 0) is 37.1 Å². The van der Waals surface area contributed by atoms with Crippen LogP contribution >= 0.6 is 0 Å². The lowest BCUT2D eigenvalue weighted by Crippen LogP contribution is -2.40. The van der Waals surface area contributed by atoms with Crippen LogP contribution in [-0.4, -0.2) is 44.1 Å². The van der Waals surface area contributed by atoms with Gasteiger partial charge < -0.3 is 5.11 Å². The molecular weight excluding hydrogens is 288 g/mol. The molecule has 1 aromatic carbocycles. The Labute approximate surface area is 127 Å². The highest BCUT2D eigenvalue weighted by Gasteiger charge is 2.24. The topological polar surface area (TPSA) is 69.6 Å². The largest absolute Gasteiger partial charge is 0.392 e. The quantitative estimate of drug-likeness (QED) is 0.790. The maximum atomic E-state index is 12.2. The van der Waals surface area contributed by atoms with E-state index in [0.29, 0.717) is 18.2 Å². The summed E-state index contributed by atoms with van der Waals surface area (Å²) in [7, 11) is -3.34. The van der Waals surface area contributed by atoms with Gasteiger partial charge in [-0.1, -0.05) is 31.2 Å². The lowest BCUT2D eigenvalue weighted by molar-refractivity contribution is 0.268. The SMILES string of the molecule is CCN1CCCC1CNS(=O)(=O)Cc1cccc(CO)c1. The minimum atomic E-state index is -3.34. The van der Waals surface area contributed by atoms with Crippen molar-refractivity contribution in [1.29, 1.82) is 0 Å². The molecule has 0 radical (unpaired) electrons. The summed E-state index contributed by atoms with van der Waals surface area (Å²) < 4.78 is 27.0. The van der Waals surface area contributed by atoms with Gasteiger partial charge in [0, 0.05) is 12.6 Å². The number of aliphatic hydroxyl groups is 1. The third-order valence-corrected chi connectivity index (χ3v) is 5.29. The average molecular weight is 312 g/mol. The molecule has 2 N–H and O–H groups in total. The van der Waals surface area contributed by atoms with Gasteiger partial charge >= 0.3 is 0 Å². The van der Waals surface area contributed by atoms with Crippen LogP contribution in [0.2, 0.25) is 0 Å². The molecule has 1 atom stereocenters. The minimum Gasteiger partial charge on any atom is -0.392 e. The predicted octanol–water partition coefficient (Wildman–Crippen LogP) is 1.08. The molecular formula is C15H24N2O3S. The van der Waals surface area contributed by atoms with Crippen molar-refractivity contribution < 1.29 is 13.5 Å². The number of hydrogen-bond acceptors (Lipinski definition) is 4. The van der Waals surface area contributed by atoms with Crippen LogP contribution in [0.5, 0.6) is 0 Å². The van der Waals surface area contributed by atoms with Crippen LogP contribution in [0, 0.1) is 0 Å². The summed E-state index contributed by atoms with van der Waals surface area (Å²) in [6.45, 7) is 4.53. The monoisotopic (exact) mass is 312 g/mol. The molecule has 118 valence electrons. The van der Waals surface area contributed by atoms with E-state index in [0.717, 1.165) is 31.5 Å². The van der Waals surface area contributed by atoms with E-state index in [1.165, 1.54) is 0 Å². The standard InChI is InChI=1S/C15H24N2O3S/c1-2-17-8-4-7-15(17)10-16-21(19,20)12-14-6-3-5-13(9-14)11-18/h3,5-6,9,15-16,18H,2,4,7-8,10-12H2,1H3. The summed E-state index contributed by atoms with van der Waals surface area (Å²) in [5.41, 5.74) is 1.43. The van der Waals surface area contributed by atoms with Crippen LogP contribution in [0.1, 0.15) is 30.9 Å². The first kappa shape index (κ1) is 16.4. The Balaban J connectivity index is 1.92. The lowest BCUT2D eigenvalue weighted by Gasteiger charge is -2.22. The summed E-state index contributed by atoms with van der Waals surface area (Å²) in [4.78, 5) is 2.31. The van der Waals surface area contributed by atoms with Crippen LogP contribution in [-0.2, 0) is 22.4 Å². The van der Waals surface area contributed by atoms with Crippen molar-refractivity contribution in [2.75, 3.05) is 19.6 Å². The first-order valence-corrected chi connectivity index (χ1v) is 9.09. The fourth-order valence-corrected chi connectivity index (χ4v) is 4.02. The molecule has 6 heteroatoms. The first-order chi connectivity index (χ1) is 10.0. The lowest BCUT2D eigenvalue weighted by atomic mass is 10.1. The van der Waals surface area contributed by atoms with Gasteiger partial charge in [-0.2, -0.15) is 0 Å². The molecule has 1 aliphatic rings. The number of rotatable bonds is 7. The molecule has 0 amide bonds. The van der Waals surface area contributed by atoms with E-state index in [-0.39, 0.29) is 12.4 Å². The molecule has 1 heterocycles. The number of hydrogen-bond donors (Lipinski definition) is 2. The number of likely N-dealkylation sites (N-methyl/N-ethyl adjacent to an activating group) is 1. The Kier molecular flexibility index (Phi) is 5.75. The molecule has 0 bridgehead atoms. The third kappa shape index (κ3) is 4.78. The third-order valence-electron chi connectivity index (χ3n) is 3.97. The predicted molar refractivity (Wildman–Crippen MR) is 83.3 cm³/mol. The Morgan fingerprint density at radius 3 is 2.86 bits per heavy atom. The molecule has 1 fully saturated rings. The Hall–Kier alpha value is -0.950. The second-order valence-electron chi connectivity index (χ2n) is 5.51. The van der Waals surface area contributed by atoms with Crippen LogP contribution in [0.3, 0.4) is 0 Å². The normalized spacial score (nSPS) is 20.0. The van der Waals surface area contributed by atoms with Crippen LogP contribution < -0.4 is 4.72 Å². The van der Waals surface area contributed by atoms with E-state index in [4.69, 9.17) is 5.11 Å². The molecule has 5 nitrogen and oxygen atoms in total. The van der Waals surface area contributed by atoms with Gasteiger partial charge in [-0.15, -0.1) is 0 Å². The number of sulfonamides is 1. The molecule has 1 aromatic rings. The van der Waals surface area contributed by atoms with Gasteiger partial charge in [-0.3, -0.25) is 4.90 Å². The maximum Gasteiger partial charge on any atom is 0.215 e. The molecule has 1 unspecified atom stereocenters. The van der Waals surface area contributed by atoms with Gasteiger partial charge in [-0.25, -0.2) is 13.1 Å². The summed E-state index contributed by atoms with van der Waals surface area (Å²) in [5.74, 6) is -0.0420. The van der Waals surface area contributed by atoms with Gasteiger partial charge in [0.05, 0.1) is 12.4 Å². The van der Waals surface area contributed by atoms with Crippen LogP contribution in [0.15, 0.2) is 24.3 Å². The smallest absolute Gasteiger partial charge is 0.215 e. The zero-order chi connectivity index (χ0) is 15.3. The van der Waals surface area contributed by atoms with E-state index in [1.807, 2.05) is 0 Å². The van der Waals surface area contributed by atoms with Gasteiger partial charge in [0.25, 0.3) is 0 Å². The average Bonchev–Trinajstić information content (AvgIpc) is 2.92. The summed E-state index contributed by atoms with van der Waals surface area (Å²) >= 11 is 0. The number of aliphatic hydroxyl groups excluding tert-OH is 1. The minimum absolute atomic E-state index is 0.0420. The van der Waals surface area contributed by atoms with Crippen molar-refractivity contribution in [2.45, 2.75) is 38.2 Å². The second kappa shape index (κ2) is 7.35. The van der Waals surface area contributed by atoms with Crippen molar-refractivity contribution in [1.82, 2.24) is 9.62 Å². The summed E-state index contributed by atoms with van der Waals surface area (Å²) in [6.07, 6.45) is 2.19. The van der Waals surface area contributed by atoms with E-state index in [2.05, 4.69) is 16.5 Å². The van der Waals surface area contributed by atoms with Gasteiger partial charge in [0.15, 0.2) is 0 Å². The van der Waals surface area contributed by atoms with E-state index < -0.39 is 10.0 Å². The van der Waals surface area contributed by atoms with Crippen LogP contribution in [0.4, 0.5) is 0 Å². The molecule has 0 aliphatic carbocycles. The molecule has 2 rings (SSSR count). The van der Waals surface area contributed by atoms with Crippen molar-refractivity contribution in [3.8, 4) is 0 Å². The zero-order valence-corrected chi connectivity index (χ0v) is 13.3. The van der Waals surface area contributed by atoms with E-state index in [9.17, 15) is 8.42 Å². The summed E-state index contributed by atoms with van der Waals surface area (Å²) in [5, 5.41) is 9.09. The fourth-order valence-electron chi connectivity index (χ4n) is 2.85. The first-order valence-electron chi connectivity index (χ1n) is 7.44. The molecule has 0 saturated carbocycles. The molecule has 0 spiro atoms. The van der Waals surface area contributed by atoms with Crippen molar-refractivity contribution in [2.24, 2.45) is 0 Å². The van der Waals surface area contributed by atoms with Crippen molar-refractivity contribution in [3.63, 3.8) is 0 Å². The molecule has 0 aromatic heterocycles. The Morgan fingerprint density at radius 2 is 2.14 bits per heavy atom. The molecule has 1 aliphatic heterocycles. The highest BCUT2D eigenvalue weighted by Crippen LogP contribution is 2.16. The van der Waals surface area contributed by atoms with Crippen molar-refractivity contribution in [3.05, 3.63) is 35.4 Å². The summed E-state index contributed by atoms with van der Waals surface area (Å²) in [6, 6.07) is 7.36. The number of nitrogens with zero attached hydrogens (tertiary/aromatic N) is 1. The number of nitrogens with one attached hydrogen (secondary N) is 1. The van der Waals surface area contributed by atoms with Gasteiger partial charge in [0.1, 0.15) is 0 Å². The zero-order valence-electron chi connectivity index (χ0n) is 12.5. The van der Waals surface area contributed by atoms with Gasteiger partial charge in [0.2, 0.25) is 10.0 Å². The van der Waals surface area contributed by atoms with Crippen LogP contribution in [0.25, 0.3) is 0 Å². The highest BCUT2D eigenvalue weighted by molar-refractivity contribution is 7.88. The molecule has 21 heavy (non-hydrogen) atoms. The van der Waals surface area contributed by atoms with E-state index in [1.54, 1.807) is 24.3 Å². The highest BCUT2D eigenvalue weighted by atomic mass is 32.2. The number of benzene rings is 1. The second-order valence-corrected chi connectivity index (χ2v) is 7.32. The van der Waals surface area contributed by atoms with E-state index >= 15 is 0 Å². The number of likely N-dealkylation sites (tertiary alicyclic amines) is 1. The van der Waals surface area contributed by atoms with Crippen molar-refractivity contribution >= 4 is 10.0 Å².